The van der Waals surface area contributed by atoms with Gasteiger partial charge in [-0.05, 0) is 48.7 Å². The number of benzene rings is 2. The lowest BCUT2D eigenvalue weighted by molar-refractivity contribution is -0.138. The van der Waals surface area contributed by atoms with Gasteiger partial charge in [0.15, 0.2) is 0 Å². The fourth-order valence-electron chi connectivity index (χ4n) is 3.91. The molecule has 0 unspecified atom stereocenters. The van der Waals surface area contributed by atoms with E-state index < -0.39 is 17.2 Å². The Hall–Kier alpha value is -1.92. The van der Waals surface area contributed by atoms with E-state index >= 15 is 0 Å². The zero-order chi connectivity index (χ0) is 21.2. The normalized spacial score (nSPS) is 16.3. The molecule has 0 radical (unpaired) electrons. The number of hydrogen-bond acceptors (Lipinski definition) is 2. The molecule has 1 N–H and O–H groups in total. The lowest BCUT2D eigenvalue weighted by Gasteiger charge is -2.37. The van der Waals surface area contributed by atoms with E-state index in [4.69, 9.17) is 27.9 Å². The van der Waals surface area contributed by atoms with E-state index in [0.717, 1.165) is 25.3 Å². The maximum atomic E-state index is 13.3. The minimum Gasteiger partial charge on any atom is -0.496 e. The average Bonchev–Trinajstić information content (AvgIpc) is 2.67. The summed E-state index contributed by atoms with van der Waals surface area (Å²) < 4.78 is 44.7. The molecule has 0 bridgehead atoms. The molecule has 1 aliphatic rings. The Labute approximate surface area is 177 Å². The fraction of sp³-hybridized carbons (Fsp3) is 0.381. The Morgan fingerprint density at radius 1 is 1.07 bits per heavy atom. The molecule has 0 spiro atoms. The van der Waals surface area contributed by atoms with E-state index in [2.05, 4.69) is 5.32 Å². The molecular weight excluding hydrogens is 426 g/mol. The summed E-state index contributed by atoms with van der Waals surface area (Å²) in [5.41, 5.74) is -1.17. The van der Waals surface area contributed by atoms with Crippen LogP contribution in [0.2, 0.25) is 10.0 Å². The molecule has 0 atom stereocenters. The number of nitrogens with one attached hydrogen (secondary N) is 1. The lowest BCUT2D eigenvalue weighted by Crippen LogP contribution is -2.42. The third-order valence-corrected chi connectivity index (χ3v) is 5.90. The molecule has 1 aliphatic carbocycles. The summed E-state index contributed by atoms with van der Waals surface area (Å²) >= 11 is 12.4. The van der Waals surface area contributed by atoms with Crippen LogP contribution < -0.4 is 10.1 Å². The topological polar surface area (TPSA) is 38.3 Å². The van der Waals surface area contributed by atoms with Crippen molar-refractivity contribution >= 4 is 34.8 Å². The van der Waals surface area contributed by atoms with Gasteiger partial charge in [-0.1, -0.05) is 48.5 Å². The molecule has 1 amide bonds. The average molecular weight is 446 g/mol. The molecule has 1 saturated carbocycles. The number of hydrogen-bond donors (Lipinski definition) is 1. The third kappa shape index (κ3) is 4.48. The van der Waals surface area contributed by atoms with E-state index in [9.17, 15) is 18.0 Å². The molecule has 1 fully saturated rings. The van der Waals surface area contributed by atoms with Gasteiger partial charge < -0.3 is 10.1 Å². The largest absolute Gasteiger partial charge is 0.496 e. The van der Waals surface area contributed by atoms with Gasteiger partial charge in [-0.2, -0.15) is 13.2 Å². The molecule has 0 aromatic heterocycles. The van der Waals surface area contributed by atoms with Gasteiger partial charge in [-0.3, -0.25) is 4.79 Å². The van der Waals surface area contributed by atoms with Crippen LogP contribution in [0.15, 0.2) is 36.4 Å². The molecule has 2 aromatic rings. The first-order valence-corrected chi connectivity index (χ1v) is 9.95. The second-order valence-corrected chi connectivity index (χ2v) is 7.98. The van der Waals surface area contributed by atoms with Crippen LogP contribution in [0.25, 0.3) is 0 Å². The molecule has 8 heteroatoms. The second-order valence-electron chi connectivity index (χ2n) is 7.13. The molecule has 2 aromatic carbocycles. The number of carbonyl (C=O) groups is 1. The Morgan fingerprint density at radius 3 is 2.34 bits per heavy atom. The van der Waals surface area contributed by atoms with Crippen LogP contribution in [-0.4, -0.2) is 13.0 Å². The first kappa shape index (κ1) is 21.8. The van der Waals surface area contributed by atoms with Gasteiger partial charge in [-0.15, -0.1) is 0 Å². The standard InChI is InChI=1S/C21H20Cl2F3NO2/c1-29-18-8-6-14(12-16(18)21(24,25)26)27-19(28)20(9-3-2-4-10-20)15-7-5-13(22)11-17(15)23/h5-8,11-12H,2-4,9-10H2,1H3,(H,27,28). The van der Waals surface area contributed by atoms with Crippen molar-refractivity contribution in [3.05, 3.63) is 57.6 Å². The number of anilines is 1. The Balaban J connectivity index is 1.98. The summed E-state index contributed by atoms with van der Waals surface area (Å²) in [6.07, 6.45) is -0.856. The number of rotatable bonds is 4. The van der Waals surface area contributed by atoms with Crippen molar-refractivity contribution in [1.82, 2.24) is 0 Å². The molecule has 0 saturated heterocycles. The van der Waals surface area contributed by atoms with Crippen LogP contribution >= 0.6 is 23.2 Å². The predicted octanol–water partition coefficient (Wildman–Crippen LogP) is 6.86. The van der Waals surface area contributed by atoms with Crippen molar-refractivity contribution in [2.45, 2.75) is 43.7 Å². The van der Waals surface area contributed by atoms with Crippen LogP contribution in [0.1, 0.15) is 43.2 Å². The summed E-state index contributed by atoms with van der Waals surface area (Å²) in [6, 6.07) is 8.45. The summed E-state index contributed by atoms with van der Waals surface area (Å²) in [7, 11) is 1.17. The van der Waals surface area contributed by atoms with Crippen molar-refractivity contribution in [3.8, 4) is 5.75 Å². The van der Waals surface area contributed by atoms with Crippen molar-refractivity contribution in [3.63, 3.8) is 0 Å². The van der Waals surface area contributed by atoms with Crippen LogP contribution in [0.5, 0.6) is 5.75 Å². The molecule has 3 rings (SSSR count). The highest BCUT2D eigenvalue weighted by Crippen LogP contribution is 2.44. The van der Waals surface area contributed by atoms with Crippen molar-refractivity contribution in [2.24, 2.45) is 0 Å². The highest BCUT2D eigenvalue weighted by molar-refractivity contribution is 6.35. The highest BCUT2D eigenvalue weighted by Gasteiger charge is 2.43. The third-order valence-electron chi connectivity index (χ3n) is 5.35. The van der Waals surface area contributed by atoms with Crippen LogP contribution in [0.3, 0.4) is 0 Å². The summed E-state index contributed by atoms with van der Waals surface area (Å²) in [5, 5.41) is 3.50. The lowest BCUT2D eigenvalue weighted by atomic mass is 9.68. The van der Waals surface area contributed by atoms with Crippen molar-refractivity contribution < 1.29 is 22.7 Å². The molecule has 0 aliphatic heterocycles. The SMILES string of the molecule is COc1ccc(NC(=O)C2(c3ccc(Cl)cc3Cl)CCCCC2)cc1C(F)(F)F. The number of ether oxygens (including phenoxy) is 1. The zero-order valence-corrected chi connectivity index (χ0v) is 17.2. The zero-order valence-electron chi connectivity index (χ0n) is 15.7. The van der Waals surface area contributed by atoms with Gasteiger partial charge in [0.2, 0.25) is 5.91 Å². The van der Waals surface area contributed by atoms with Crippen LogP contribution in [-0.2, 0) is 16.4 Å². The number of methoxy groups -OCH3 is 1. The monoisotopic (exact) mass is 445 g/mol. The van der Waals surface area contributed by atoms with Gasteiger partial charge in [-0.25, -0.2) is 0 Å². The molecule has 3 nitrogen and oxygen atoms in total. The minimum atomic E-state index is -4.60. The number of alkyl halides is 3. The quantitative estimate of drug-likeness (QED) is 0.557. The van der Waals surface area contributed by atoms with Crippen molar-refractivity contribution in [2.75, 3.05) is 12.4 Å². The van der Waals surface area contributed by atoms with Gasteiger partial charge in [0.25, 0.3) is 0 Å². The minimum absolute atomic E-state index is 0.0539. The van der Waals surface area contributed by atoms with Crippen LogP contribution in [0, 0.1) is 0 Å². The number of amides is 1. The first-order valence-electron chi connectivity index (χ1n) is 9.19. The molecule has 0 heterocycles. The Morgan fingerprint density at radius 2 is 1.76 bits per heavy atom. The van der Waals surface area contributed by atoms with Gasteiger partial charge in [0.05, 0.1) is 18.1 Å². The first-order chi connectivity index (χ1) is 13.7. The summed E-state index contributed by atoms with van der Waals surface area (Å²) in [6.45, 7) is 0. The maximum absolute atomic E-state index is 13.3. The van der Waals surface area contributed by atoms with E-state index in [1.54, 1.807) is 18.2 Å². The Bertz CT molecular complexity index is 909. The van der Waals surface area contributed by atoms with Crippen LogP contribution in [0.4, 0.5) is 18.9 Å². The van der Waals surface area contributed by atoms with E-state index in [-0.39, 0.29) is 17.3 Å². The molecule has 29 heavy (non-hydrogen) atoms. The molecular formula is C21H20Cl2F3NO2. The maximum Gasteiger partial charge on any atom is 0.420 e. The van der Waals surface area contributed by atoms with E-state index in [1.807, 2.05) is 0 Å². The van der Waals surface area contributed by atoms with Crippen molar-refractivity contribution in [1.29, 1.82) is 0 Å². The molecule has 156 valence electrons. The van der Waals surface area contributed by atoms with Gasteiger partial charge in [0.1, 0.15) is 5.75 Å². The second kappa shape index (κ2) is 8.44. The van der Waals surface area contributed by atoms with E-state index in [1.165, 1.54) is 19.2 Å². The smallest absolute Gasteiger partial charge is 0.420 e. The summed E-state index contributed by atoms with van der Waals surface area (Å²) in [4.78, 5) is 13.3. The number of carbonyl (C=O) groups excluding carboxylic acids is 1. The highest BCUT2D eigenvalue weighted by atomic mass is 35.5. The number of halogens is 5. The van der Waals surface area contributed by atoms with E-state index in [0.29, 0.717) is 28.5 Å². The predicted molar refractivity (Wildman–Crippen MR) is 108 cm³/mol. The Kier molecular flexibility index (Phi) is 6.34. The van der Waals surface area contributed by atoms with Gasteiger partial charge in [0, 0.05) is 15.7 Å². The van der Waals surface area contributed by atoms with Gasteiger partial charge >= 0.3 is 6.18 Å². The summed E-state index contributed by atoms with van der Waals surface area (Å²) in [5.74, 6) is -0.677. The fourth-order valence-corrected chi connectivity index (χ4v) is 4.50.